The minimum absolute atomic E-state index is 0.0593. The zero-order valence-electron chi connectivity index (χ0n) is 20.0. The van der Waals surface area contributed by atoms with Crippen LogP contribution in [-0.2, 0) is 19.0 Å². The first kappa shape index (κ1) is 29.2. The molecule has 0 aliphatic heterocycles. The lowest BCUT2D eigenvalue weighted by Crippen LogP contribution is -2.53. The van der Waals surface area contributed by atoms with Crippen LogP contribution in [0.2, 0.25) is 0 Å². The topological polar surface area (TPSA) is 129 Å². The van der Waals surface area contributed by atoms with E-state index in [0.717, 1.165) is 0 Å². The SMILES string of the molecule is CC(C)(C)OC(=O)CN(CC(O)OC(C)(C)C)C(CCC(O)O)C(O)OC(C)(C)C. The van der Waals surface area contributed by atoms with Crippen LogP contribution in [0, 0.1) is 0 Å². The van der Waals surface area contributed by atoms with Crippen LogP contribution >= 0.6 is 0 Å². The van der Waals surface area contributed by atoms with Crippen molar-refractivity contribution in [3.63, 3.8) is 0 Å². The zero-order chi connectivity index (χ0) is 23.9. The van der Waals surface area contributed by atoms with Gasteiger partial charge in [-0.3, -0.25) is 9.69 Å². The van der Waals surface area contributed by atoms with Crippen molar-refractivity contribution < 1.29 is 39.4 Å². The van der Waals surface area contributed by atoms with Crippen LogP contribution < -0.4 is 0 Å². The lowest BCUT2D eigenvalue weighted by atomic mass is 10.1. The number of aliphatic hydroxyl groups excluding tert-OH is 3. The van der Waals surface area contributed by atoms with Gasteiger partial charge in [-0.25, -0.2) is 0 Å². The fraction of sp³-hybridized carbons (Fsp3) is 0.952. The number of carbonyl (C=O) groups excluding carboxylic acids is 1. The second-order valence-electron chi connectivity index (χ2n) is 10.4. The largest absolute Gasteiger partial charge is 0.459 e. The fourth-order valence-electron chi connectivity index (χ4n) is 2.77. The molecule has 3 unspecified atom stereocenters. The molecule has 0 saturated heterocycles. The fourth-order valence-corrected chi connectivity index (χ4v) is 2.77. The van der Waals surface area contributed by atoms with Crippen LogP contribution in [0.1, 0.15) is 75.2 Å². The molecule has 9 nitrogen and oxygen atoms in total. The van der Waals surface area contributed by atoms with E-state index in [0.29, 0.717) is 0 Å². The molecule has 0 aliphatic carbocycles. The van der Waals surface area contributed by atoms with E-state index in [4.69, 9.17) is 14.2 Å². The summed E-state index contributed by atoms with van der Waals surface area (Å²) in [4.78, 5) is 14.0. The van der Waals surface area contributed by atoms with Crippen molar-refractivity contribution in [3.05, 3.63) is 0 Å². The summed E-state index contributed by atoms with van der Waals surface area (Å²) >= 11 is 0. The van der Waals surface area contributed by atoms with E-state index in [1.54, 1.807) is 62.3 Å². The summed E-state index contributed by atoms with van der Waals surface area (Å²) in [6.07, 6.45) is -4.16. The summed E-state index contributed by atoms with van der Waals surface area (Å²) in [7, 11) is 0. The second-order valence-corrected chi connectivity index (χ2v) is 10.4. The van der Waals surface area contributed by atoms with Gasteiger partial charge in [-0.2, -0.15) is 0 Å². The molecule has 3 atom stereocenters. The number of hydrogen-bond donors (Lipinski definition) is 4. The number of ether oxygens (including phenoxy) is 3. The molecule has 30 heavy (non-hydrogen) atoms. The quantitative estimate of drug-likeness (QED) is 0.280. The van der Waals surface area contributed by atoms with E-state index >= 15 is 0 Å². The van der Waals surface area contributed by atoms with E-state index in [9.17, 15) is 25.2 Å². The van der Waals surface area contributed by atoms with Gasteiger partial charge in [0, 0.05) is 0 Å². The predicted molar refractivity (Wildman–Crippen MR) is 112 cm³/mol. The van der Waals surface area contributed by atoms with Gasteiger partial charge >= 0.3 is 5.97 Å². The third-order valence-electron chi connectivity index (χ3n) is 3.63. The molecular formula is C21H43NO8. The van der Waals surface area contributed by atoms with Crippen molar-refractivity contribution in [2.45, 2.75) is 117 Å². The van der Waals surface area contributed by atoms with Gasteiger partial charge in [-0.15, -0.1) is 0 Å². The van der Waals surface area contributed by atoms with Gasteiger partial charge in [0.05, 0.1) is 30.3 Å². The Labute approximate surface area is 180 Å². The molecule has 0 aromatic heterocycles. The van der Waals surface area contributed by atoms with Gasteiger partial charge < -0.3 is 34.6 Å². The number of rotatable bonds is 11. The molecule has 0 saturated carbocycles. The third kappa shape index (κ3) is 15.1. The highest BCUT2D eigenvalue weighted by Crippen LogP contribution is 2.21. The molecule has 0 aliphatic rings. The van der Waals surface area contributed by atoms with Crippen molar-refractivity contribution >= 4 is 5.97 Å². The van der Waals surface area contributed by atoms with E-state index in [2.05, 4.69) is 0 Å². The third-order valence-corrected chi connectivity index (χ3v) is 3.63. The van der Waals surface area contributed by atoms with E-state index in [1.165, 1.54) is 4.90 Å². The maximum absolute atomic E-state index is 12.5. The van der Waals surface area contributed by atoms with E-state index < -0.39 is 47.7 Å². The maximum Gasteiger partial charge on any atom is 0.320 e. The van der Waals surface area contributed by atoms with Crippen molar-refractivity contribution in [2.24, 2.45) is 0 Å². The molecule has 4 N–H and O–H groups in total. The highest BCUT2D eigenvalue weighted by atomic mass is 16.6. The Morgan fingerprint density at radius 1 is 0.800 bits per heavy atom. The van der Waals surface area contributed by atoms with Crippen molar-refractivity contribution in [3.8, 4) is 0 Å². The van der Waals surface area contributed by atoms with Crippen LogP contribution in [0.3, 0.4) is 0 Å². The highest BCUT2D eigenvalue weighted by Gasteiger charge is 2.34. The van der Waals surface area contributed by atoms with Crippen molar-refractivity contribution in [1.29, 1.82) is 0 Å². The normalized spacial score (nSPS) is 16.6. The summed E-state index contributed by atoms with van der Waals surface area (Å²) in [5, 5.41) is 39.8. The Morgan fingerprint density at radius 2 is 1.30 bits per heavy atom. The average molecular weight is 438 g/mol. The Kier molecular flexibility index (Phi) is 11.4. The number of nitrogens with zero attached hydrogens (tertiary/aromatic N) is 1. The molecule has 0 amide bonds. The first-order chi connectivity index (χ1) is 13.3. The predicted octanol–water partition coefficient (Wildman–Crippen LogP) is 1.36. The molecule has 9 heteroatoms. The molecule has 0 radical (unpaired) electrons. The Balaban J connectivity index is 5.69. The molecule has 0 rings (SSSR count). The molecular weight excluding hydrogens is 394 g/mol. The zero-order valence-corrected chi connectivity index (χ0v) is 20.0. The first-order valence-electron chi connectivity index (χ1n) is 10.3. The molecule has 0 aromatic rings. The summed E-state index contributed by atoms with van der Waals surface area (Å²) in [6.45, 7) is 15.5. The van der Waals surface area contributed by atoms with E-state index in [-0.39, 0.29) is 25.9 Å². The van der Waals surface area contributed by atoms with Gasteiger partial charge in [-0.1, -0.05) is 0 Å². The lowest BCUT2D eigenvalue weighted by molar-refractivity contribution is -0.217. The Bertz CT molecular complexity index is 505. The number of hydrogen-bond acceptors (Lipinski definition) is 9. The first-order valence-corrected chi connectivity index (χ1v) is 10.3. The minimum Gasteiger partial charge on any atom is -0.459 e. The smallest absolute Gasteiger partial charge is 0.320 e. The van der Waals surface area contributed by atoms with E-state index in [1.807, 2.05) is 0 Å². The molecule has 180 valence electrons. The minimum atomic E-state index is -1.59. The summed E-state index contributed by atoms with van der Waals surface area (Å²) in [5.41, 5.74) is -2.03. The number of esters is 1. The summed E-state index contributed by atoms with van der Waals surface area (Å²) in [5.74, 6) is -0.553. The number of carbonyl (C=O) groups is 1. The standard InChI is InChI=1S/C21H43NO8/c1-19(2,3)28-16(25)12-22(13-17(26)29-20(4,5)6)14(10-11-15(23)24)18(27)30-21(7,8)9/h14-16,18,23-25,27H,10-13H2,1-9H3. The second kappa shape index (κ2) is 11.7. The van der Waals surface area contributed by atoms with Crippen LogP contribution in [0.25, 0.3) is 0 Å². The maximum atomic E-state index is 12.5. The number of aliphatic hydroxyl groups is 4. The summed E-state index contributed by atoms with van der Waals surface area (Å²) < 4.78 is 16.6. The Hall–Kier alpha value is -0.810. The summed E-state index contributed by atoms with van der Waals surface area (Å²) in [6, 6.07) is -0.822. The molecule has 0 spiro atoms. The lowest BCUT2D eigenvalue weighted by Gasteiger charge is -2.38. The van der Waals surface area contributed by atoms with Crippen LogP contribution in [0.4, 0.5) is 0 Å². The molecule has 0 aromatic carbocycles. The van der Waals surface area contributed by atoms with Crippen molar-refractivity contribution in [2.75, 3.05) is 13.1 Å². The van der Waals surface area contributed by atoms with Crippen LogP contribution in [0.5, 0.6) is 0 Å². The highest BCUT2D eigenvalue weighted by molar-refractivity contribution is 5.72. The molecule has 0 bridgehead atoms. The van der Waals surface area contributed by atoms with Crippen molar-refractivity contribution in [1.82, 2.24) is 4.90 Å². The molecule has 0 heterocycles. The molecule has 0 fully saturated rings. The van der Waals surface area contributed by atoms with Crippen LogP contribution in [0.15, 0.2) is 0 Å². The van der Waals surface area contributed by atoms with Gasteiger partial charge in [0.15, 0.2) is 18.9 Å². The average Bonchev–Trinajstić information content (AvgIpc) is 2.40. The van der Waals surface area contributed by atoms with Gasteiger partial charge in [0.1, 0.15) is 5.60 Å². The van der Waals surface area contributed by atoms with Gasteiger partial charge in [0.2, 0.25) is 0 Å². The Morgan fingerprint density at radius 3 is 1.70 bits per heavy atom. The van der Waals surface area contributed by atoms with Crippen LogP contribution in [-0.4, -0.2) is 86.1 Å². The monoisotopic (exact) mass is 437 g/mol. The van der Waals surface area contributed by atoms with Gasteiger partial charge in [-0.05, 0) is 75.2 Å². The van der Waals surface area contributed by atoms with Gasteiger partial charge in [0.25, 0.3) is 0 Å².